The van der Waals surface area contributed by atoms with Crippen molar-refractivity contribution < 1.29 is 0 Å². The fraction of sp³-hybridized carbons (Fsp3) is 0.571. The third-order valence-corrected chi connectivity index (χ3v) is 3.14. The molecule has 1 rings (SSSR count). The fourth-order valence-corrected chi connectivity index (χ4v) is 2.27. The molecule has 0 aromatic heterocycles. The molecule has 0 aliphatic carbocycles. The van der Waals surface area contributed by atoms with Crippen LogP contribution in [0.3, 0.4) is 0 Å². The summed E-state index contributed by atoms with van der Waals surface area (Å²) >= 11 is 5.67. The first-order valence-corrected chi connectivity index (χ1v) is 6.35. The van der Waals surface area contributed by atoms with Crippen molar-refractivity contribution in [3.63, 3.8) is 0 Å². The first-order chi connectivity index (χ1) is 7.47. The third kappa shape index (κ3) is 3.50. The van der Waals surface area contributed by atoms with Gasteiger partial charge in [0.25, 0.3) is 0 Å². The molecule has 0 unspecified atom stereocenters. The highest BCUT2D eigenvalue weighted by molar-refractivity contribution is 6.18. The molecule has 16 heavy (non-hydrogen) atoms. The van der Waals surface area contributed by atoms with Crippen LogP contribution in [0.2, 0.25) is 0 Å². The second-order valence-corrected chi connectivity index (χ2v) is 5.45. The highest BCUT2D eigenvalue weighted by atomic mass is 35.5. The molecule has 0 aliphatic rings. The third-order valence-electron chi connectivity index (χ3n) is 2.95. The monoisotopic (exact) mass is 239 g/mol. The van der Waals surface area contributed by atoms with Gasteiger partial charge in [-0.05, 0) is 25.0 Å². The number of rotatable bonds is 5. The van der Waals surface area contributed by atoms with Crippen LogP contribution >= 0.6 is 11.6 Å². The van der Waals surface area contributed by atoms with Crippen LogP contribution in [-0.2, 0) is 5.41 Å². The summed E-state index contributed by atoms with van der Waals surface area (Å²) in [7, 11) is 0. The Morgan fingerprint density at radius 3 is 2.50 bits per heavy atom. The Morgan fingerprint density at radius 2 is 1.94 bits per heavy atom. The van der Waals surface area contributed by atoms with E-state index in [1.165, 1.54) is 16.7 Å². The van der Waals surface area contributed by atoms with Crippen molar-refractivity contribution in [2.24, 2.45) is 0 Å². The minimum atomic E-state index is 0.157. The van der Waals surface area contributed by atoms with E-state index in [-0.39, 0.29) is 5.41 Å². The Kier molecular flexibility index (Phi) is 4.82. The summed E-state index contributed by atoms with van der Waals surface area (Å²) in [6.45, 7) is 10.7. The Hall–Kier alpha value is -0.530. The number of nitrogens with one attached hydrogen (secondary N) is 1. The highest BCUT2D eigenvalue weighted by Crippen LogP contribution is 2.26. The lowest BCUT2D eigenvalue weighted by molar-refractivity contribution is 0.476. The summed E-state index contributed by atoms with van der Waals surface area (Å²) in [5.74, 6) is 0.670. The first kappa shape index (κ1) is 13.5. The Morgan fingerprint density at radius 1 is 1.25 bits per heavy atom. The highest BCUT2D eigenvalue weighted by Gasteiger charge is 2.21. The lowest BCUT2D eigenvalue weighted by Gasteiger charge is -2.27. The Labute approximate surface area is 104 Å². The standard InChI is InChI=1S/C14H22ClN/c1-11-5-6-13(12(2)9-11)14(3,4)10-16-8-7-15/h5-6,9,16H,7-8,10H2,1-4H3. The predicted molar refractivity (Wildman–Crippen MR) is 72.5 cm³/mol. The molecule has 2 heteroatoms. The van der Waals surface area contributed by atoms with E-state index in [9.17, 15) is 0 Å². The van der Waals surface area contributed by atoms with E-state index in [4.69, 9.17) is 11.6 Å². The number of hydrogen-bond acceptors (Lipinski definition) is 1. The first-order valence-electron chi connectivity index (χ1n) is 5.82. The molecule has 0 atom stereocenters. The van der Waals surface area contributed by atoms with Gasteiger partial charge in [-0.15, -0.1) is 11.6 Å². The second kappa shape index (κ2) is 5.70. The van der Waals surface area contributed by atoms with Gasteiger partial charge in [0.2, 0.25) is 0 Å². The SMILES string of the molecule is Cc1ccc(C(C)(C)CNCCCl)c(C)c1. The smallest absolute Gasteiger partial charge is 0.0348 e. The number of aryl methyl sites for hydroxylation is 2. The predicted octanol–water partition coefficient (Wildman–Crippen LogP) is 3.41. The van der Waals surface area contributed by atoms with Gasteiger partial charge in [-0.3, -0.25) is 0 Å². The van der Waals surface area contributed by atoms with Crippen molar-refractivity contribution in [1.29, 1.82) is 0 Å². The molecule has 0 aliphatic heterocycles. The summed E-state index contributed by atoms with van der Waals surface area (Å²) in [6, 6.07) is 6.68. The zero-order valence-corrected chi connectivity index (χ0v) is 11.5. The number of benzene rings is 1. The quantitative estimate of drug-likeness (QED) is 0.614. The lowest BCUT2D eigenvalue weighted by Crippen LogP contribution is -2.34. The lowest BCUT2D eigenvalue weighted by atomic mass is 9.81. The number of hydrogen-bond donors (Lipinski definition) is 1. The summed E-state index contributed by atoms with van der Waals surface area (Å²) in [5.41, 5.74) is 4.27. The van der Waals surface area contributed by atoms with E-state index in [1.807, 2.05) is 0 Å². The average molecular weight is 240 g/mol. The zero-order chi connectivity index (χ0) is 12.2. The Balaban J connectivity index is 2.80. The van der Waals surface area contributed by atoms with Gasteiger partial charge < -0.3 is 5.32 Å². The van der Waals surface area contributed by atoms with Gasteiger partial charge in [0.15, 0.2) is 0 Å². The molecule has 0 amide bonds. The van der Waals surface area contributed by atoms with E-state index in [1.54, 1.807) is 0 Å². The van der Waals surface area contributed by atoms with E-state index in [0.717, 1.165) is 13.1 Å². The summed E-state index contributed by atoms with van der Waals surface area (Å²) in [6.07, 6.45) is 0. The van der Waals surface area contributed by atoms with E-state index < -0.39 is 0 Å². The van der Waals surface area contributed by atoms with Crippen LogP contribution in [0.25, 0.3) is 0 Å². The van der Waals surface area contributed by atoms with E-state index in [0.29, 0.717) is 5.88 Å². The number of halogens is 1. The maximum atomic E-state index is 5.67. The van der Waals surface area contributed by atoms with Gasteiger partial charge in [-0.2, -0.15) is 0 Å². The molecule has 0 fully saturated rings. The minimum Gasteiger partial charge on any atom is -0.315 e. The van der Waals surface area contributed by atoms with Crippen LogP contribution in [0, 0.1) is 13.8 Å². The maximum Gasteiger partial charge on any atom is 0.0348 e. The summed E-state index contributed by atoms with van der Waals surface area (Å²) in [4.78, 5) is 0. The molecule has 0 radical (unpaired) electrons. The molecular formula is C14H22ClN. The van der Waals surface area contributed by atoms with Crippen molar-refractivity contribution in [2.45, 2.75) is 33.1 Å². The van der Waals surface area contributed by atoms with Gasteiger partial charge in [-0.25, -0.2) is 0 Å². The van der Waals surface area contributed by atoms with E-state index in [2.05, 4.69) is 51.2 Å². The van der Waals surface area contributed by atoms with Crippen LogP contribution in [0.1, 0.15) is 30.5 Å². The molecule has 0 heterocycles. The van der Waals surface area contributed by atoms with Gasteiger partial charge in [0.05, 0.1) is 0 Å². The largest absolute Gasteiger partial charge is 0.315 e. The molecule has 0 saturated heterocycles. The molecule has 1 N–H and O–H groups in total. The van der Waals surface area contributed by atoms with Crippen LogP contribution in [0.15, 0.2) is 18.2 Å². The molecule has 1 aromatic rings. The molecule has 0 bridgehead atoms. The molecule has 1 aromatic carbocycles. The van der Waals surface area contributed by atoms with Crippen LogP contribution in [0.4, 0.5) is 0 Å². The van der Waals surface area contributed by atoms with E-state index >= 15 is 0 Å². The number of alkyl halides is 1. The second-order valence-electron chi connectivity index (χ2n) is 5.07. The maximum absolute atomic E-state index is 5.67. The van der Waals surface area contributed by atoms with Crippen molar-refractivity contribution in [3.8, 4) is 0 Å². The molecule has 0 saturated carbocycles. The van der Waals surface area contributed by atoms with Gasteiger partial charge in [-0.1, -0.05) is 37.6 Å². The van der Waals surface area contributed by atoms with Crippen LogP contribution < -0.4 is 5.32 Å². The summed E-state index contributed by atoms with van der Waals surface area (Å²) < 4.78 is 0. The molecule has 0 spiro atoms. The van der Waals surface area contributed by atoms with Crippen LogP contribution in [0.5, 0.6) is 0 Å². The molecule has 1 nitrogen and oxygen atoms in total. The van der Waals surface area contributed by atoms with Gasteiger partial charge >= 0.3 is 0 Å². The topological polar surface area (TPSA) is 12.0 Å². The normalized spacial score (nSPS) is 11.8. The molecular weight excluding hydrogens is 218 g/mol. The van der Waals surface area contributed by atoms with Crippen LogP contribution in [-0.4, -0.2) is 19.0 Å². The Bertz CT molecular complexity index is 345. The molecule has 90 valence electrons. The minimum absolute atomic E-state index is 0.157. The van der Waals surface area contributed by atoms with Crippen molar-refractivity contribution in [1.82, 2.24) is 5.32 Å². The van der Waals surface area contributed by atoms with Crippen molar-refractivity contribution in [2.75, 3.05) is 19.0 Å². The average Bonchev–Trinajstić information content (AvgIpc) is 2.17. The van der Waals surface area contributed by atoms with Gasteiger partial charge in [0.1, 0.15) is 0 Å². The fourth-order valence-electron chi connectivity index (χ4n) is 2.14. The zero-order valence-electron chi connectivity index (χ0n) is 10.7. The summed E-state index contributed by atoms with van der Waals surface area (Å²) in [5, 5.41) is 3.38. The van der Waals surface area contributed by atoms with Crippen molar-refractivity contribution in [3.05, 3.63) is 34.9 Å². The van der Waals surface area contributed by atoms with Crippen molar-refractivity contribution >= 4 is 11.6 Å². The van der Waals surface area contributed by atoms with Gasteiger partial charge in [0, 0.05) is 24.4 Å².